The van der Waals surface area contributed by atoms with E-state index in [9.17, 15) is 18.0 Å². The highest BCUT2D eigenvalue weighted by Crippen LogP contribution is 2.26. The minimum Gasteiger partial charge on any atom is -0.355 e. The third-order valence-electron chi connectivity index (χ3n) is 6.34. The van der Waals surface area contributed by atoms with Crippen LogP contribution in [-0.2, 0) is 26.2 Å². The number of carbonyl (C=O) groups excluding carboxylic acids is 2. The Kier molecular flexibility index (Phi) is 9.94. The van der Waals surface area contributed by atoms with Crippen molar-refractivity contribution >= 4 is 39.1 Å². The van der Waals surface area contributed by atoms with E-state index in [1.165, 1.54) is 17.0 Å². The maximum atomic E-state index is 14.0. The number of rotatable bonds is 11. The average Bonchev–Trinajstić information content (AvgIpc) is 2.89. The lowest BCUT2D eigenvalue weighted by Gasteiger charge is -2.33. The summed E-state index contributed by atoms with van der Waals surface area (Å²) in [5.41, 5.74) is 3.06. The van der Waals surface area contributed by atoms with E-state index in [1.807, 2.05) is 52.0 Å². The van der Waals surface area contributed by atoms with Gasteiger partial charge in [0.2, 0.25) is 11.8 Å². The molecule has 202 valence electrons. The molecule has 7 nitrogen and oxygen atoms in total. The van der Waals surface area contributed by atoms with Gasteiger partial charge in [0.05, 0.1) is 10.6 Å². The first-order chi connectivity index (χ1) is 18.1. The summed E-state index contributed by atoms with van der Waals surface area (Å²) in [7, 11) is -4.11. The van der Waals surface area contributed by atoms with Gasteiger partial charge in [-0.3, -0.25) is 13.9 Å². The van der Waals surface area contributed by atoms with Crippen LogP contribution in [0.4, 0.5) is 5.69 Å². The fraction of sp³-hybridized carbons (Fsp3) is 0.310. The van der Waals surface area contributed by atoms with E-state index in [2.05, 4.69) is 5.32 Å². The summed E-state index contributed by atoms with van der Waals surface area (Å²) in [6, 6.07) is 19.6. The van der Waals surface area contributed by atoms with Gasteiger partial charge in [0.1, 0.15) is 12.6 Å². The predicted octanol–water partition coefficient (Wildman–Crippen LogP) is 5.10. The van der Waals surface area contributed by atoms with Crippen LogP contribution in [0.25, 0.3) is 0 Å². The van der Waals surface area contributed by atoms with Crippen LogP contribution >= 0.6 is 11.6 Å². The summed E-state index contributed by atoms with van der Waals surface area (Å²) in [4.78, 5) is 28.5. The number of sulfonamides is 1. The van der Waals surface area contributed by atoms with Gasteiger partial charge in [-0.2, -0.15) is 0 Å². The van der Waals surface area contributed by atoms with Crippen molar-refractivity contribution in [3.63, 3.8) is 0 Å². The molecular formula is C29H34ClN3O4S. The van der Waals surface area contributed by atoms with Crippen LogP contribution < -0.4 is 9.62 Å². The Morgan fingerprint density at radius 1 is 0.921 bits per heavy atom. The van der Waals surface area contributed by atoms with Crippen LogP contribution in [0.15, 0.2) is 77.7 Å². The molecule has 0 unspecified atom stereocenters. The van der Waals surface area contributed by atoms with Crippen molar-refractivity contribution in [3.8, 4) is 0 Å². The number of carbonyl (C=O) groups is 2. The van der Waals surface area contributed by atoms with Gasteiger partial charge >= 0.3 is 0 Å². The zero-order chi connectivity index (χ0) is 27.9. The molecule has 38 heavy (non-hydrogen) atoms. The van der Waals surface area contributed by atoms with Crippen LogP contribution in [0.1, 0.15) is 37.0 Å². The highest BCUT2D eigenvalue weighted by molar-refractivity contribution is 7.92. The number of hydrogen-bond donors (Lipinski definition) is 1. The number of amides is 2. The normalized spacial score (nSPS) is 12.0. The zero-order valence-corrected chi connectivity index (χ0v) is 23.7. The molecule has 0 aliphatic carbocycles. The van der Waals surface area contributed by atoms with Crippen molar-refractivity contribution in [3.05, 3.63) is 94.5 Å². The molecule has 0 heterocycles. The lowest BCUT2D eigenvalue weighted by atomic mass is 10.1. The van der Waals surface area contributed by atoms with Crippen molar-refractivity contribution in [2.45, 2.75) is 51.6 Å². The van der Waals surface area contributed by atoms with Crippen LogP contribution in [0.2, 0.25) is 5.02 Å². The molecule has 3 aromatic carbocycles. The second-order valence-corrected chi connectivity index (χ2v) is 11.4. The van der Waals surface area contributed by atoms with Crippen LogP contribution in [0.3, 0.4) is 0 Å². The van der Waals surface area contributed by atoms with Gasteiger partial charge in [-0.05, 0) is 74.7 Å². The van der Waals surface area contributed by atoms with Gasteiger partial charge in [-0.15, -0.1) is 0 Å². The lowest BCUT2D eigenvalue weighted by molar-refractivity contribution is -0.140. The summed E-state index contributed by atoms with van der Waals surface area (Å²) in [6.07, 6.45) is 0.370. The third kappa shape index (κ3) is 6.94. The Bertz CT molecular complexity index is 1360. The first kappa shape index (κ1) is 29.2. The van der Waals surface area contributed by atoms with Gasteiger partial charge in [0, 0.05) is 18.1 Å². The first-order valence-electron chi connectivity index (χ1n) is 12.5. The van der Waals surface area contributed by atoms with E-state index in [4.69, 9.17) is 11.6 Å². The average molecular weight is 556 g/mol. The zero-order valence-electron chi connectivity index (χ0n) is 22.1. The molecule has 9 heteroatoms. The SMILES string of the molecule is CCNC(=O)[C@@H](CC)N(Cc1ccccc1C)C(=O)CN(c1ccc(Cl)cc1)S(=O)(=O)c1ccc(C)cc1. The van der Waals surface area contributed by atoms with Gasteiger partial charge in [0.25, 0.3) is 10.0 Å². The Balaban J connectivity index is 2.06. The smallest absolute Gasteiger partial charge is 0.264 e. The molecule has 3 rings (SSSR count). The molecule has 2 amide bonds. The first-order valence-corrected chi connectivity index (χ1v) is 14.4. The minimum absolute atomic E-state index is 0.0621. The summed E-state index contributed by atoms with van der Waals surface area (Å²) in [5, 5.41) is 3.25. The minimum atomic E-state index is -4.11. The molecule has 0 aliphatic heterocycles. The van der Waals surface area contributed by atoms with Gasteiger partial charge < -0.3 is 10.2 Å². The second-order valence-electron chi connectivity index (χ2n) is 9.07. The van der Waals surface area contributed by atoms with E-state index in [0.29, 0.717) is 23.7 Å². The number of benzene rings is 3. The molecule has 0 bridgehead atoms. The monoisotopic (exact) mass is 555 g/mol. The number of anilines is 1. The van der Waals surface area contributed by atoms with Crippen LogP contribution in [0, 0.1) is 13.8 Å². The molecule has 1 N–H and O–H groups in total. The Morgan fingerprint density at radius 3 is 2.13 bits per heavy atom. The number of halogens is 1. The Hall–Kier alpha value is -3.36. The Labute approximate surface area is 230 Å². The molecule has 3 aromatic rings. The maximum absolute atomic E-state index is 14.0. The van der Waals surface area contributed by atoms with Crippen molar-refractivity contribution in [1.29, 1.82) is 0 Å². The fourth-order valence-electron chi connectivity index (χ4n) is 4.16. The number of nitrogens with one attached hydrogen (secondary N) is 1. The van der Waals surface area contributed by atoms with Crippen molar-refractivity contribution in [1.82, 2.24) is 10.2 Å². The topological polar surface area (TPSA) is 86.8 Å². The van der Waals surface area contributed by atoms with E-state index >= 15 is 0 Å². The molecule has 0 aliphatic rings. The fourth-order valence-corrected chi connectivity index (χ4v) is 5.70. The van der Waals surface area contributed by atoms with E-state index in [-0.39, 0.29) is 17.3 Å². The molecule has 0 radical (unpaired) electrons. The standard InChI is InChI=1S/C29H34ClN3O4S/c1-5-27(29(35)31-6-2)32(19-23-10-8-7-9-22(23)4)28(34)20-33(25-15-13-24(30)14-16-25)38(36,37)26-17-11-21(3)12-18-26/h7-18,27H,5-6,19-20H2,1-4H3,(H,31,35)/t27-/m1/s1. The highest BCUT2D eigenvalue weighted by atomic mass is 35.5. The summed E-state index contributed by atoms with van der Waals surface area (Å²) >= 11 is 6.06. The van der Waals surface area contributed by atoms with Gasteiger partial charge in [-0.25, -0.2) is 8.42 Å². The summed E-state index contributed by atoms with van der Waals surface area (Å²) in [6.45, 7) is 7.55. The number of hydrogen-bond acceptors (Lipinski definition) is 4. The van der Waals surface area contributed by atoms with Crippen molar-refractivity contribution in [2.75, 3.05) is 17.4 Å². The lowest BCUT2D eigenvalue weighted by Crippen LogP contribution is -2.52. The van der Waals surface area contributed by atoms with Gasteiger partial charge in [0.15, 0.2) is 0 Å². The van der Waals surface area contributed by atoms with Crippen molar-refractivity contribution < 1.29 is 18.0 Å². The molecule has 0 saturated carbocycles. The largest absolute Gasteiger partial charge is 0.355 e. The number of nitrogens with zero attached hydrogens (tertiary/aromatic N) is 2. The molecule has 0 spiro atoms. The summed E-state index contributed by atoms with van der Waals surface area (Å²) < 4.78 is 28.7. The molecule has 0 aromatic heterocycles. The van der Waals surface area contributed by atoms with Crippen molar-refractivity contribution in [2.24, 2.45) is 0 Å². The van der Waals surface area contributed by atoms with Gasteiger partial charge in [-0.1, -0.05) is 60.5 Å². The highest BCUT2D eigenvalue weighted by Gasteiger charge is 2.33. The molecule has 1 atom stereocenters. The maximum Gasteiger partial charge on any atom is 0.264 e. The molecular weight excluding hydrogens is 522 g/mol. The van der Waals surface area contributed by atoms with Crippen LogP contribution in [0.5, 0.6) is 0 Å². The van der Waals surface area contributed by atoms with Crippen LogP contribution in [-0.4, -0.2) is 44.3 Å². The van der Waals surface area contributed by atoms with E-state index in [0.717, 1.165) is 21.0 Å². The van der Waals surface area contributed by atoms with E-state index in [1.54, 1.807) is 36.4 Å². The predicted molar refractivity (Wildman–Crippen MR) is 152 cm³/mol. The number of likely N-dealkylation sites (N-methyl/N-ethyl adjacent to an activating group) is 1. The third-order valence-corrected chi connectivity index (χ3v) is 8.38. The molecule has 0 fully saturated rings. The second kappa shape index (κ2) is 12.9. The number of aryl methyl sites for hydroxylation is 2. The van der Waals surface area contributed by atoms with E-state index < -0.39 is 28.5 Å². The Morgan fingerprint density at radius 2 is 1.55 bits per heavy atom. The quantitative estimate of drug-likeness (QED) is 0.357. The summed E-state index contributed by atoms with van der Waals surface area (Å²) in [5.74, 6) is -0.770. The molecule has 0 saturated heterocycles.